The van der Waals surface area contributed by atoms with E-state index in [1.165, 1.54) is 72.7 Å². The van der Waals surface area contributed by atoms with Gasteiger partial charge in [-0.3, -0.25) is 0 Å². The third-order valence-corrected chi connectivity index (χ3v) is 15.5. The molecule has 5 heteroatoms. The molecule has 0 saturated carbocycles. The smallest absolute Gasteiger partial charge is 0.136 e. The Labute approximate surface area is 381 Å². The number of para-hydroxylation sites is 2. The Bertz CT molecular complexity index is 4200. The molecule has 0 radical (unpaired) electrons. The Kier molecular flexibility index (Phi) is 8.02. The number of benzene rings is 11. The lowest BCUT2D eigenvalue weighted by Crippen LogP contribution is -2.09. The highest BCUT2D eigenvalue weighted by atomic mass is 32.1. The molecule has 0 bridgehead atoms. The topological polar surface area (TPSA) is 19.6 Å². The number of hydrogen-bond acceptors (Lipinski definition) is 5. The number of thiophene rings is 2. The molecule has 14 rings (SSSR count). The molecule has 0 N–H and O–H groups in total. The SMILES string of the molecule is c1ccc(N(c2ccc3oc4cc5c6ccc(N(c7ccccc7)c7ccc8sc9ccccc9c8c7)cc6c6ccccc6c5cc4c3c2)c2ccc3sc4ccccc4c3c2)cc1. The predicted octanol–water partition coefficient (Wildman–Crippen LogP) is 18.7. The first-order chi connectivity index (χ1) is 32.2. The first-order valence-corrected chi connectivity index (χ1v) is 23.6. The summed E-state index contributed by atoms with van der Waals surface area (Å²) in [6, 6.07) is 79.7. The molecule has 0 aliphatic heterocycles. The third-order valence-electron chi connectivity index (χ3n) is 13.2. The normalized spacial score (nSPS) is 12.0. The summed E-state index contributed by atoms with van der Waals surface area (Å²) in [5, 5.41) is 14.6. The molecule has 0 amide bonds. The zero-order valence-corrected chi connectivity index (χ0v) is 36.5. The van der Waals surface area contributed by atoms with Crippen molar-refractivity contribution in [3.63, 3.8) is 0 Å². The summed E-state index contributed by atoms with van der Waals surface area (Å²) in [5.41, 5.74) is 8.41. The molecule has 0 unspecified atom stereocenters. The Morgan fingerprint density at radius 1 is 0.231 bits per heavy atom. The maximum atomic E-state index is 6.78. The van der Waals surface area contributed by atoms with E-state index in [4.69, 9.17) is 4.42 Å². The molecule has 11 aromatic carbocycles. The van der Waals surface area contributed by atoms with Crippen LogP contribution in [0.5, 0.6) is 0 Å². The highest BCUT2D eigenvalue weighted by Gasteiger charge is 2.21. The van der Waals surface area contributed by atoms with Crippen molar-refractivity contribution >= 4 is 151 Å². The number of rotatable bonds is 6. The van der Waals surface area contributed by atoms with Crippen molar-refractivity contribution in [1.82, 2.24) is 0 Å². The Balaban J connectivity index is 0.945. The summed E-state index contributed by atoms with van der Waals surface area (Å²) >= 11 is 3.70. The maximum absolute atomic E-state index is 6.78. The highest BCUT2D eigenvalue weighted by Crippen LogP contribution is 2.46. The zero-order chi connectivity index (χ0) is 42.6. The van der Waals surface area contributed by atoms with Crippen LogP contribution in [0.15, 0.2) is 223 Å². The van der Waals surface area contributed by atoms with E-state index in [9.17, 15) is 0 Å². The van der Waals surface area contributed by atoms with Gasteiger partial charge in [-0.1, -0.05) is 103 Å². The van der Waals surface area contributed by atoms with Crippen LogP contribution in [0.4, 0.5) is 34.1 Å². The Morgan fingerprint density at radius 3 is 1.18 bits per heavy atom. The van der Waals surface area contributed by atoms with E-state index in [0.29, 0.717) is 0 Å². The molecule has 304 valence electrons. The minimum absolute atomic E-state index is 0.871. The number of hydrogen-bond donors (Lipinski definition) is 0. The monoisotopic (exact) mass is 864 g/mol. The molecule has 3 heterocycles. The molecule has 0 aliphatic rings. The van der Waals surface area contributed by atoms with Gasteiger partial charge < -0.3 is 14.2 Å². The fourth-order valence-electron chi connectivity index (χ4n) is 10.2. The van der Waals surface area contributed by atoms with Crippen LogP contribution >= 0.6 is 22.7 Å². The summed E-state index contributed by atoms with van der Waals surface area (Å²) in [6.45, 7) is 0. The molecule has 14 aromatic rings. The van der Waals surface area contributed by atoms with E-state index in [2.05, 4.69) is 228 Å². The highest BCUT2D eigenvalue weighted by molar-refractivity contribution is 7.26. The van der Waals surface area contributed by atoms with Crippen LogP contribution in [0.3, 0.4) is 0 Å². The van der Waals surface area contributed by atoms with Crippen LogP contribution in [0.1, 0.15) is 0 Å². The second-order valence-electron chi connectivity index (χ2n) is 16.9. The van der Waals surface area contributed by atoms with Crippen molar-refractivity contribution in [1.29, 1.82) is 0 Å². The largest absolute Gasteiger partial charge is 0.456 e. The zero-order valence-electron chi connectivity index (χ0n) is 34.9. The minimum Gasteiger partial charge on any atom is -0.456 e. The number of anilines is 6. The molecular formula is C60H36N2OS2. The van der Waals surface area contributed by atoms with Gasteiger partial charge in [-0.05, 0) is 148 Å². The van der Waals surface area contributed by atoms with Crippen molar-refractivity contribution in [2.45, 2.75) is 0 Å². The fourth-order valence-corrected chi connectivity index (χ4v) is 12.4. The number of furan rings is 1. The van der Waals surface area contributed by atoms with E-state index in [1.54, 1.807) is 0 Å². The number of fused-ring (bicyclic) bond motifs is 15. The van der Waals surface area contributed by atoms with Gasteiger partial charge in [0.05, 0.1) is 0 Å². The van der Waals surface area contributed by atoms with Crippen molar-refractivity contribution in [3.8, 4) is 0 Å². The quantitative estimate of drug-likeness (QED) is 0.155. The average Bonchev–Trinajstić information content (AvgIpc) is 4.05. The van der Waals surface area contributed by atoms with Crippen LogP contribution in [0.2, 0.25) is 0 Å². The van der Waals surface area contributed by atoms with Gasteiger partial charge in [0, 0.05) is 85.2 Å². The van der Waals surface area contributed by atoms with Gasteiger partial charge in [0.1, 0.15) is 11.2 Å². The van der Waals surface area contributed by atoms with Crippen LogP contribution in [0, 0.1) is 0 Å². The van der Waals surface area contributed by atoms with Gasteiger partial charge in [0.15, 0.2) is 0 Å². The van der Waals surface area contributed by atoms with E-state index in [0.717, 1.165) is 56.1 Å². The lowest BCUT2D eigenvalue weighted by atomic mass is 9.92. The Hall–Kier alpha value is -7.96. The summed E-state index contributed by atoms with van der Waals surface area (Å²) < 4.78 is 12.0. The van der Waals surface area contributed by atoms with Gasteiger partial charge in [0.25, 0.3) is 0 Å². The molecule has 0 saturated heterocycles. The molecular weight excluding hydrogens is 829 g/mol. The van der Waals surface area contributed by atoms with Gasteiger partial charge >= 0.3 is 0 Å². The van der Waals surface area contributed by atoms with Gasteiger partial charge in [0.2, 0.25) is 0 Å². The molecule has 0 atom stereocenters. The van der Waals surface area contributed by atoms with Crippen LogP contribution in [0.25, 0.3) is 94.6 Å². The molecule has 0 spiro atoms. The van der Waals surface area contributed by atoms with E-state index in [-0.39, 0.29) is 0 Å². The van der Waals surface area contributed by atoms with Crippen molar-refractivity contribution < 1.29 is 4.42 Å². The Morgan fingerprint density at radius 2 is 0.615 bits per heavy atom. The second-order valence-corrected chi connectivity index (χ2v) is 19.0. The predicted molar refractivity (Wildman–Crippen MR) is 281 cm³/mol. The fraction of sp³-hybridized carbons (Fsp3) is 0. The van der Waals surface area contributed by atoms with Gasteiger partial charge in [-0.15, -0.1) is 22.7 Å². The van der Waals surface area contributed by atoms with E-state index in [1.807, 2.05) is 22.7 Å². The molecule has 65 heavy (non-hydrogen) atoms. The van der Waals surface area contributed by atoms with E-state index < -0.39 is 0 Å². The van der Waals surface area contributed by atoms with Crippen LogP contribution in [-0.4, -0.2) is 0 Å². The summed E-state index contributed by atoms with van der Waals surface area (Å²) in [7, 11) is 0. The molecule has 3 nitrogen and oxygen atoms in total. The van der Waals surface area contributed by atoms with Gasteiger partial charge in [-0.2, -0.15) is 0 Å². The standard InChI is InChI=1S/C60H36N2OS2/c1-3-13-37(14-4-1)61(41-25-29-59-53(33-41)46-19-9-11-21-57(46)64-59)39-23-27-45-48(31-39)43-17-7-8-18-44(43)49-35-52-51-32-40(24-28-55(51)63-56(52)36-50(45)49)62(38-15-5-2-6-16-38)42-26-30-60-54(34-42)47-20-10-12-22-58(47)65-60/h1-36H. The van der Waals surface area contributed by atoms with Crippen molar-refractivity contribution in [2.75, 3.05) is 9.80 Å². The maximum Gasteiger partial charge on any atom is 0.136 e. The van der Waals surface area contributed by atoms with Crippen molar-refractivity contribution in [3.05, 3.63) is 218 Å². The molecule has 3 aromatic heterocycles. The molecule has 0 aliphatic carbocycles. The summed E-state index contributed by atoms with van der Waals surface area (Å²) in [6.07, 6.45) is 0. The second kappa shape index (κ2) is 14.3. The lowest BCUT2D eigenvalue weighted by Gasteiger charge is -2.26. The third kappa shape index (κ3) is 5.73. The summed E-state index contributed by atoms with van der Waals surface area (Å²) in [5.74, 6) is 0. The van der Waals surface area contributed by atoms with Crippen LogP contribution < -0.4 is 9.80 Å². The van der Waals surface area contributed by atoms with Crippen molar-refractivity contribution in [2.24, 2.45) is 0 Å². The van der Waals surface area contributed by atoms with Gasteiger partial charge in [-0.25, -0.2) is 0 Å². The van der Waals surface area contributed by atoms with E-state index >= 15 is 0 Å². The number of nitrogens with zero attached hydrogens (tertiary/aromatic N) is 2. The first kappa shape index (κ1) is 36.5. The lowest BCUT2D eigenvalue weighted by molar-refractivity contribution is 0.669. The minimum atomic E-state index is 0.871. The first-order valence-electron chi connectivity index (χ1n) is 22.0. The average molecular weight is 865 g/mol. The molecule has 0 fully saturated rings. The van der Waals surface area contributed by atoms with Crippen LogP contribution in [-0.2, 0) is 0 Å². The summed E-state index contributed by atoms with van der Waals surface area (Å²) in [4.78, 5) is 4.76.